The summed E-state index contributed by atoms with van der Waals surface area (Å²) < 4.78 is 6.34. The van der Waals surface area contributed by atoms with Gasteiger partial charge in [-0.15, -0.1) is 0 Å². The molecular formula is C43H30N2O. The fraction of sp³-hybridized carbons (Fsp3) is 0.0233. The minimum Gasteiger partial charge on any atom is -0.458 e. The number of hydrogen-bond donors (Lipinski definition) is 1. The molecule has 1 aliphatic heterocycles. The van der Waals surface area contributed by atoms with Crippen LogP contribution in [0.3, 0.4) is 0 Å². The number of anilines is 3. The van der Waals surface area contributed by atoms with E-state index < -0.39 is 0 Å². The van der Waals surface area contributed by atoms with Gasteiger partial charge in [0.05, 0.1) is 17.6 Å². The molecule has 46 heavy (non-hydrogen) atoms. The summed E-state index contributed by atoms with van der Waals surface area (Å²) in [4.78, 5) is 2.35. The Balaban J connectivity index is 1.16. The fourth-order valence-corrected chi connectivity index (χ4v) is 6.76. The fourth-order valence-electron chi connectivity index (χ4n) is 6.76. The Morgan fingerprint density at radius 1 is 0.500 bits per heavy atom. The molecule has 0 aliphatic carbocycles. The first-order valence-electron chi connectivity index (χ1n) is 15.7. The molecule has 0 spiro atoms. The van der Waals surface area contributed by atoms with Gasteiger partial charge in [0.15, 0.2) is 0 Å². The standard InChI is InChI=1S/C43H30N2O/c1-3-8-33-26-35(14-12-29(33)6-1)31-16-20-37(21-17-31)45(40-10-5-11-41-43(40)39-24-25-44-28-42(39)46-41)38-22-18-32(19-23-38)36-15-13-30-7-2-4-9-34(30)27-36/h1-27,44H,28H2. The van der Waals surface area contributed by atoms with Crippen molar-refractivity contribution in [3.63, 3.8) is 0 Å². The summed E-state index contributed by atoms with van der Waals surface area (Å²) >= 11 is 0. The van der Waals surface area contributed by atoms with Crippen LogP contribution in [0.25, 0.3) is 60.8 Å². The van der Waals surface area contributed by atoms with E-state index in [-0.39, 0.29) is 0 Å². The number of rotatable bonds is 5. The van der Waals surface area contributed by atoms with Crippen LogP contribution in [0.2, 0.25) is 0 Å². The predicted octanol–water partition coefficient (Wildman–Crippen LogP) is 11.6. The van der Waals surface area contributed by atoms with Crippen molar-refractivity contribution >= 4 is 55.7 Å². The molecule has 2 heterocycles. The molecule has 1 aromatic heterocycles. The van der Waals surface area contributed by atoms with Crippen LogP contribution in [0.1, 0.15) is 11.3 Å². The summed E-state index contributed by atoms with van der Waals surface area (Å²) in [5.74, 6) is 0.961. The second-order valence-corrected chi connectivity index (χ2v) is 11.9. The lowest BCUT2D eigenvalue weighted by Gasteiger charge is -2.27. The quantitative estimate of drug-likeness (QED) is 0.216. The minimum atomic E-state index is 0.681. The molecule has 0 radical (unpaired) electrons. The van der Waals surface area contributed by atoms with E-state index in [2.05, 4.69) is 168 Å². The zero-order valence-electron chi connectivity index (χ0n) is 25.2. The average Bonchev–Trinajstić information content (AvgIpc) is 3.51. The summed E-state index contributed by atoms with van der Waals surface area (Å²) in [6.45, 7) is 0.681. The molecule has 0 saturated carbocycles. The largest absolute Gasteiger partial charge is 0.458 e. The van der Waals surface area contributed by atoms with Gasteiger partial charge in [-0.05, 0) is 105 Å². The van der Waals surface area contributed by atoms with E-state index in [1.807, 2.05) is 6.20 Å². The predicted molar refractivity (Wildman–Crippen MR) is 193 cm³/mol. The molecule has 3 nitrogen and oxygen atoms in total. The Kier molecular flexibility index (Phi) is 6.20. The van der Waals surface area contributed by atoms with Gasteiger partial charge in [0.25, 0.3) is 0 Å². The van der Waals surface area contributed by atoms with E-state index in [4.69, 9.17) is 4.42 Å². The van der Waals surface area contributed by atoms with Gasteiger partial charge in [0.2, 0.25) is 0 Å². The molecule has 1 aliphatic rings. The lowest BCUT2D eigenvalue weighted by Crippen LogP contribution is -2.11. The second kappa shape index (κ2) is 10.8. The van der Waals surface area contributed by atoms with Crippen LogP contribution in [-0.2, 0) is 6.54 Å². The van der Waals surface area contributed by atoms with Crippen LogP contribution < -0.4 is 10.2 Å². The Morgan fingerprint density at radius 3 is 1.63 bits per heavy atom. The van der Waals surface area contributed by atoms with Gasteiger partial charge in [-0.2, -0.15) is 0 Å². The van der Waals surface area contributed by atoms with Crippen LogP contribution >= 0.6 is 0 Å². The highest BCUT2D eigenvalue weighted by atomic mass is 16.3. The number of furan rings is 1. The smallest absolute Gasteiger partial charge is 0.137 e. The summed E-state index contributed by atoms with van der Waals surface area (Å²) in [5.41, 5.74) is 10.1. The topological polar surface area (TPSA) is 28.4 Å². The van der Waals surface area contributed by atoms with Crippen LogP contribution in [0.5, 0.6) is 0 Å². The molecule has 9 rings (SSSR count). The van der Waals surface area contributed by atoms with Gasteiger partial charge in [0, 0.05) is 16.9 Å². The Bertz CT molecular complexity index is 2290. The van der Waals surface area contributed by atoms with Crippen molar-refractivity contribution in [3.05, 3.63) is 169 Å². The average molecular weight is 591 g/mol. The van der Waals surface area contributed by atoms with Crippen LogP contribution in [0, 0.1) is 0 Å². The first kappa shape index (κ1) is 26.4. The molecule has 0 fully saturated rings. The number of nitrogens with zero attached hydrogens (tertiary/aromatic N) is 1. The van der Waals surface area contributed by atoms with Gasteiger partial charge in [-0.25, -0.2) is 0 Å². The molecule has 8 aromatic rings. The third-order valence-corrected chi connectivity index (χ3v) is 9.10. The number of fused-ring (bicyclic) bond motifs is 5. The maximum absolute atomic E-state index is 6.34. The molecular weight excluding hydrogens is 560 g/mol. The normalized spacial score (nSPS) is 12.3. The summed E-state index contributed by atoms with van der Waals surface area (Å²) in [6.07, 6.45) is 4.13. The number of hydrogen-bond acceptors (Lipinski definition) is 3. The van der Waals surface area contributed by atoms with E-state index in [1.54, 1.807) is 0 Å². The van der Waals surface area contributed by atoms with Gasteiger partial charge in [-0.1, -0.05) is 103 Å². The SMILES string of the molecule is C1=Cc2c(oc3cccc(N(c4ccc(-c5ccc6ccccc6c5)cc4)c4ccc(-c5ccc6ccccc6c5)cc4)c23)CN1. The van der Waals surface area contributed by atoms with Crippen LogP contribution in [0.4, 0.5) is 17.1 Å². The van der Waals surface area contributed by atoms with Crippen molar-refractivity contribution in [3.8, 4) is 22.3 Å². The molecule has 3 heteroatoms. The van der Waals surface area contributed by atoms with Gasteiger partial charge in [-0.3, -0.25) is 0 Å². The number of nitrogens with one attached hydrogen (secondary N) is 1. The van der Waals surface area contributed by atoms with Gasteiger partial charge >= 0.3 is 0 Å². The first-order valence-corrected chi connectivity index (χ1v) is 15.7. The van der Waals surface area contributed by atoms with E-state index >= 15 is 0 Å². The van der Waals surface area contributed by atoms with E-state index in [1.165, 1.54) is 43.8 Å². The van der Waals surface area contributed by atoms with Gasteiger partial charge in [0.1, 0.15) is 11.3 Å². The van der Waals surface area contributed by atoms with Crippen molar-refractivity contribution in [2.75, 3.05) is 4.90 Å². The molecule has 1 N–H and O–H groups in total. The van der Waals surface area contributed by atoms with Crippen molar-refractivity contribution in [2.45, 2.75) is 6.54 Å². The molecule has 0 atom stereocenters. The molecule has 0 unspecified atom stereocenters. The minimum absolute atomic E-state index is 0.681. The zero-order valence-corrected chi connectivity index (χ0v) is 25.2. The van der Waals surface area contributed by atoms with E-state index in [9.17, 15) is 0 Å². The maximum atomic E-state index is 6.34. The Labute approximate surface area is 267 Å². The van der Waals surface area contributed by atoms with Gasteiger partial charge < -0.3 is 14.6 Å². The second-order valence-electron chi connectivity index (χ2n) is 11.9. The van der Waals surface area contributed by atoms with Crippen molar-refractivity contribution in [1.29, 1.82) is 0 Å². The highest BCUT2D eigenvalue weighted by Crippen LogP contribution is 2.43. The monoisotopic (exact) mass is 590 g/mol. The van der Waals surface area contributed by atoms with Crippen LogP contribution in [-0.4, -0.2) is 0 Å². The highest BCUT2D eigenvalue weighted by molar-refractivity contribution is 6.03. The molecule has 0 amide bonds. The molecule has 7 aromatic carbocycles. The first-order chi connectivity index (χ1) is 22.8. The maximum Gasteiger partial charge on any atom is 0.137 e. The van der Waals surface area contributed by atoms with E-state index in [0.29, 0.717) is 6.54 Å². The lowest BCUT2D eigenvalue weighted by molar-refractivity contribution is 0.532. The van der Waals surface area contributed by atoms with Crippen molar-refractivity contribution < 1.29 is 4.42 Å². The summed E-state index contributed by atoms with van der Waals surface area (Å²) in [5, 5.41) is 9.41. The summed E-state index contributed by atoms with van der Waals surface area (Å²) in [7, 11) is 0. The highest BCUT2D eigenvalue weighted by Gasteiger charge is 2.22. The summed E-state index contributed by atoms with van der Waals surface area (Å²) in [6, 6.07) is 54.6. The third-order valence-electron chi connectivity index (χ3n) is 9.10. The Morgan fingerprint density at radius 2 is 1.04 bits per heavy atom. The molecule has 218 valence electrons. The lowest BCUT2D eigenvalue weighted by atomic mass is 9.99. The number of benzene rings is 7. The van der Waals surface area contributed by atoms with E-state index in [0.717, 1.165) is 39.4 Å². The van der Waals surface area contributed by atoms with Crippen molar-refractivity contribution in [1.82, 2.24) is 5.32 Å². The zero-order chi connectivity index (χ0) is 30.5. The third kappa shape index (κ3) is 4.53. The van der Waals surface area contributed by atoms with Crippen LogP contribution in [0.15, 0.2) is 162 Å². The molecule has 0 bridgehead atoms. The van der Waals surface area contributed by atoms with Crippen molar-refractivity contribution in [2.24, 2.45) is 0 Å². The Hall–Kier alpha value is -6.06. The molecule has 0 saturated heterocycles.